The van der Waals surface area contributed by atoms with Crippen LogP contribution in [0, 0.1) is 5.92 Å². The molecule has 1 aromatic heterocycles. The summed E-state index contributed by atoms with van der Waals surface area (Å²) in [6.07, 6.45) is 3.15. The lowest BCUT2D eigenvalue weighted by atomic mass is 9.70. The molecule has 2 aromatic rings. The van der Waals surface area contributed by atoms with Gasteiger partial charge in [0, 0.05) is 29.1 Å². The molecule has 3 heterocycles. The van der Waals surface area contributed by atoms with Crippen molar-refractivity contribution < 1.29 is 5.11 Å². The third-order valence-electron chi connectivity index (χ3n) is 5.86. The van der Waals surface area contributed by atoms with Crippen LogP contribution in [-0.2, 0) is 12.0 Å². The molecule has 1 fully saturated rings. The highest BCUT2D eigenvalue weighted by atomic mass is 16.3. The van der Waals surface area contributed by atoms with Crippen LogP contribution in [0.25, 0.3) is 10.9 Å². The van der Waals surface area contributed by atoms with E-state index >= 15 is 0 Å². The van der Waals surface area contributed by atoms with Crippen LogP contribution >= 0.6 is 0 Å². The Balaban J connectivity index is 1.94. The molecule has 3 unspecified atom stereocenters. The molecule has 0 bridgehead atoms. The summed E-state index contributed by atoms with van der Waals surface area (Å²) in [6.45, 7) is 6.54. The van der Waals surface area contributed by atoms with Crippen molar-refractivity contribution in [2.24, 2.45) is 5.92 Å². The van der Waals surface area contributed by atoms with E-state index in [1.165, 1.54) is 28.6 Å². The number of aliphatic hydroxyl groups is 1. The molecule has 0 saturated carbocycles. The summed E-state index contributed by atoms with van der Waals surface area (Å²) in [4.78, 5) is 6.28. The van der Waals surface area contributed by atoms with Crippen LogP contribution in [-0.4, -0.2) is 34.2 Å². The van der Waals surface area contributed by atoms with Gasteiger partial charge in [0.25, 0.3) is 0 Å². The second-order valence-corrected chi connectivity index (χ2v) is 6.90. The molecule has 3 heteroatoms. The highest BCUT2D eigenvalue weighted by Gasteiger charge is 2.49. The number of hydrogen-bond donors (Lipinski definition) is 2. The molecule has 4 rings (SSSR count). The van der Waals surface area contributed by atoms with Gasteiger partial charge in [-0.1, -0.05) is 18.2 Å². The number of rotatable bonds is 1. The van der Waals surface area contributed by atoms with Crippen molar-refractivity contribution in [1.29, 1.82) is 0 Å². The van der Waals surface area contributed by atoms with Crippen LogP contribution in [0.3, 0.4) is 0 Å². The SMILES string of the molecule is CC(O)C1CCCN2CCc3c([nH]c4ccccc34)C12C. The summed E-state index contributed by atoms with van der Waals surface area (Å²) in [6, 6.07) is 8.61. The maximum Gasteiger partial charge on any atom is 0.0639 e. The first kappa shape index (κ1) is 13.4. The number of aliphatic hydroxyl groups excluding tert-OH is 1. The summed E-state index contributed by atoms with van der Waals surface area (Å²) in [5.41, 5.74) is 4.00. The number of aromatic amines is 1. The van der Waals surface area contributed by atoms with Crippen molar-refractivity contribution in [2.45, 2.75) is 44.8 Å². The topological polar surface area (TPSA) is 39.3 Å². The van der Waals surface area contributed by atoms with E-state index in [9.17, 15) is 5.11 Å². The lowest BCUT2D eigenvalue weighted by molar-refractivity contribution is -0.0592. The largest absolute Gasteiger partial charge is 0.393 e. The molecular weight excluding hydrogens is 260 g/mol. The Morgan fingerprint density at radius 1 is 1.33 bits per heavy atom. The molecular formula is C18H24N2O. The normalized spacial score (nSPS) is 30.9. The van der Waals surface area contributed by atoms with E-state index in [2.05, 4.69) is 41.1 Å². The molecule has 1 aromatic carbocycles. The van der Waals surface area contributed by atoms with E-state index in [1.54, 1.807) is 0 Å². The van der Waals surface area contributed by atoms with Crippen molar-refractivity contribution in [3.8, 4) is 0 Å². The fourth-order valence-electron chi connectivity index (χ4n) is 4.79. The number of piperidine rings is 1. The Kier molecular flexibility index (Phi) is 2.92. The van der Waals surface area contributed by atoms with Gasteiger partial charge in [-0.2, -0.15) is 0 Å². The Morgan fingerprint density at radius 3 is 2.95 bits per heavy atom. The zero-order valence-electron chi connectivity index (χ0n) is 12.9. The monoisotopic (exact) mass is 284 g/mol. The molecule has 0 radical (unpaired) electrons. The minimum Gasteiger partial charge on any atom is -0.393 e. The van der Waals surface area contributed by atoms with Crippen molar-refractivity contribution in [3.63, 3.8) is 0 Å². The van der Waals surface area contributed by atoms with Crippen LogP contribution in [0.15, 0.2) is 24.3 Å². The van der Waals surface area contributed by atoms with Gasteiger partial charge in [0.15, 0.2) is 0 Å². The predicted octanol–water partition coefficient (Wildman–Crippen LogP) is 3.03. The average molecular weight is 284 g/mol. The van der Waals surface area contributed by atoms with Crippen LogP contribution in [0.5, 0.6) is 0 Å². The fourth-order valence-corrected chi connectivity index (χ4v) is 4.79. The molecule has 3 atom stereocenters. The summed E-state index contributed by atoms with van der Waals surface area (Å²) in [5.74, 6) is 0.304. The first-order valence-electron chi connectivity index (χ1n) is 8.15. The molecule has 0 spiro atoms. The second kappa shape index (κ2) is 4.59. The number of hydrogen-bond acceptors (Lipinski definition) is 2. The van der Waals surface area contributed by atoms with E-state index in [0.717, 1.165) is 25.9 Å². The van der Waals surface area contributed by atoms with Gasteiger partial charge in [0.2, 0.25) is 0 Å². The van der Waals surface area contributed by atoms with E-state index in [4.69, 9.17) is 0 Å². The van der Waals surface area contributed by atoms with Gasteiger partial charge in [-0.25, -0.2) is 0 Å². The van der Waals surface area contributed by atoms with Crippen LogP contribution < -0.4 is 0 Å². The maximum atomic E-state index is 10.3. The van der Waals surface area contributed by atoms with Gasteiger partial charge in [0.1, 0.15) is 0 Å². The second-order valence-electron chi connectivity index (χ2n) is 6.90. The van der Waals surface area contributed by atoms with Gasteiger partial charge in [0.05, 0.1) is 11.6 Å². The van der Waals surface area contributed by atoms with Crippen LogP contribution in [0.4, 0.5) is 0 Å². The maximum absolute atomic E-state index is 10.3. The lowest BCUT2D eigenvalue weighted by Gasteiger charge is -2.53. The third kappa shape index (κ3) is 1.74. The van der Waals surface area contributed by atoms with Gasteiger partial charge >= 0.3 is 0 Å². The molecule has 0 amide bonds. The van der Waals surface area contributed by atoms with Crippen molar-refractivity contribution >= 4 is 10.9 Å². The van der Waals surface area contributed by atoms with Crippen LogP contribution in [0.1, 0.15) is 37.9 Å². The van der Waals surface area contributed by atoms with E-state index in [1.807, 2.05) is 6.92 Å². The summed E-state index contributed by atoms with van der Waals surface area (Å²) >= 11 is 0. The highest BCUT2D eigenvalue weighted by Crippen LogP contribution is 2.48. The molecule has 2 N–H and O–H groups in total. The van der Waals surface area contributed by atoms with E-state index in [-0.39, 0.29) is 11.6 Å². The number of fused-ring (bicyclic) bond motifs is 5. The number of para-hydroxylation sites is 1. The van der Waals surface area contributed by atoms with Crippen LogP contribution in [0.2, 0.25) is 0 Å². The summed E-state index contributed by atoms with van der Waals surface area (Å²) in [7, 11) is 0. The molecule has 21 heavy (non-hydrogen) atoms. The van der Waals surface area contributed by atoms with Gasteiger partial charge in [-0.15, -0.1) is 0 Å². The van der Waals surface area contributed by atoms with Gasteiger partial charge in [-0.3, -0.25) is 4.90 Å². The molecule has 1 saturated heterocycles. The summed E-state index contributed by atoms with van der Waals surface area (Å²) < 4.78 is 0. The quantitative estimate of drug-likeness (QED) is 0.845. The smallest absolute Gasteiger partial charge is 0.0639 e. The standard InChI is InChI=1S/C18H24N2O/c1-12(21)15-7-5-10-20-11-9-14-13-6-3-4-8-16(13)19-17(14)18(15,20)2/h3-4,6,8,12,15,19,21H,5,7,9-11H2,1-2H3. The number of nitrogens with zero attached hydrogens (tertiary/aromatic N) is 1. The Labute approximate surface area is 126 Å². The van der Waals surface area contributed by atoms with Gasteiger partial charge in [-0.05, 0) is 51.3 Å². The molecule has 0 aliphatic carbocycles. The van der Waals surface area contributed by atoms with Crippen molar-refractivity contribution in [1.82, 2.24) is 9.88 Å². The Morgan fingerprint density at radius 2 is 2.14 bits per heavy atom. The minimum atomic E-state index is -0.268. The number of aromatic nitrogens is 1. The number of nitrogens with one attached hydrogen (secondary N) is 1. The lowest BCUT2D eigenvalue weighted by Crippen LogP contribution is -2.58. The molecule has 3 nitrogen and oxygen atoms in total. The van der Waals surface area contributed by atoms with Crippen molar-refractivity contribution in [2.75, 3.05) is 13.1 Å². The fraction of sp³-hybridized carbons (Fsp3) is 0.556. The average Bonchev–Trinajstić information content (AvgIpc) is 2.86. The van der Waals surface area contributed by atoms with Gasteiger partial charge < -0.3 is 10.1 Å². The zero-order valence-corrected chi connectivity index (χ0v) is 12.9. The molecule has 112 valence electrons. The first-order chi connectivity index (χ1) is 10.1. The highest BCUT2D eigenvalue weighted by molar-refractivity contribution is 5.85. The molecule has 2 aliphatic heterocycles. The zero-order chi connectivity index (χ0) is 14.6. The van der Waals surface area contributed by atoms with E-state index < -0.39 is 0 Å². The predicted molar refractivity (Wildman–Crippen MR) is 85.3 cm³/mol. The van der Waals surface area contributed by atoms with Crippen molar-refractivity contribution in [3.05, 3.63) is 35.5 Å². The summed E-state index contributed by atoms with van der Waals surface area (Å²) in [5, 5.41) is 11.7. The van der Waals surface area contributed by atoms with E-state index in [0.29, 0.717) is 5.92 Å². The Bertz CT molecular complexity index is 675. The first-order valence-corrected chi connectivity index (χ1v) is 8.15. The number of benzene rings is 1. The minimum absolute atomic E-state index is 0.0565. The Hall–Kier alpha value is -1.32. The number of H-pyrrole nitrogens is 1. The third-order valence-corrected chi connectivity index (χ3v) is 5.86. The molecule has 2 aliphatic rings.